The first kappa shape index (κ1) is 13.9. The van der Waals surface area contributed by atoms with Crippen LogP contribution in [-0.4, -0.2) is 13.7 Å². The zero-order chi connectivity index (χ0) is 13.2. The summed E-state index contributed by atoms with van der Waals surface area (Å²) < 4.78 is 38.8. The number of aryl methyl sites for hydroxylation is 1. The zero-order valence-corrected chi connectivity index (χ0v) is 11.6. The van der Waals surface area contributed by atoms with Gasteiger partial charge in [0, 0.05) is 0 Å². The third-order valence-corrected chi connectivity index (χ3v) is 4.32. The average Bonchev–Trinajstić information content (AvgIpc) is 2.24. The molecule has 4 nitrogen and oxygen atoms in total. The van der Waals surface area contributed by atoms with Gasteiger partial charge in [-0.3, -0.25) is 4.72 Å². The minimum absolute atomic E-state index is 0.158. The van der Waals surface area contributed by atoms with Gasteiger partial charge in [-0.05, 0) is 47.5 Å². The fourth-order valence-electron chi connectivity index (χ4n) is 1.07. The summed E-state index contributed by atoms with van der Waals surface area (Å²) in [6.45, 7) is 2.85. The monoisotopic (exact) mass is 320 g/mol. The highest BCUT2D eigenvalue weighted by molar-refractivity contribution is 9.10. The molecule has 0 aliphatic rings. The van der Waals surface area contributed by atoms with Crippen LogP contribution in [0.5, 0.6) is 0 Å². The number of anilines is 1. The Balaban J connectivity index is 3.14. The summed E-state index contributed by atoms with van der Waals surface area (Å²) in [6, 6.07) is 4.17. The van der Waals surface area contributed by atoms with Gasteiger partial charge in [-0.15, -0.1) is 0 Å². The molecule has 0 spiro atoms. The van der Waals surface area contributed by atoms with E-state index in [0.717, 1.165) is 0 Å². The van der Waals surface area contributed by atoms with Crippen LogP contribution in [0.15, 0.2) is 16.6 Å². The molecule has 17 heavy (non-hydrogen) atoms. The van der Waals surface area contributed by atoms with Crippen LogP contribution in [0, 0.1) is 24.1 Å². The number of halogens is 2. The van der Waals surface area contributed by atoms with Gasteiger partial charge in [0.2, 0.25) is 10.0 Å². The highest BCUT2D eigenvalue weighted by Gasteiger charge is 2.21. The molecule has 92 valence electrons. The summed E-state index contributed by atoms with van der Waals surface area (Å²) in [5.41, 5.74) is 0.694. The lowest BCUT2D eigenvalue weighted by atomic mass is 10.2. The van der Waals surface area contributed by atoms with Crippen LogP contribution in [0.1, 0.15) is 12.5 Å². The Bertz CT molecular complexity index is 581. The van der Waals surface area contributed by atoms with Crippen LogP contribution in [0.4, 0.5) is 10.1 Å². The predicted molar refractivity (Wildman–Crippen MR) is 66.5 cm³/mol. The van der Waals surface area contributed by atoms with E-state index in [1.54, 1.807) is 13.0 Å². The molecule has 0 aromatic heterocycles. The van der Waals surface area contributed by atoms with Gasteiger partial charge in [-0.25, -0.2) is 12.8 Å². The third-order valence-electron chi connectivity index (χ3n) is 2.17. The largest absolute Gasteiger partial charge is 0.282 e. The van der Waals surface area contributed by atoms with Crippen LogP contribution in [-0.2, 0) is 10.0 Å². The van der Waals surface area contributed by atoms with E-state index in [1.165, 1.54) is 19.1 Å². The van der Waals surface area contributed by atoms with Gasteiger partial charge in [-0.1, -0.05) is 0 Å². The molecule has 0 aliphatic carbocycles. The van der Waals surface area contributed by atoms with E-state index in [1.807, 2.05) is 0 Å². The smallest absolute Gasteiger partial charge is 0.248 e. The lowest BCUT2D eigenvalue weighted by Crippen LogP contribution is -2.24. The van der Waals surface area contributed by atoms with Crippen LogP contribution < -0.4 is 4.72 Å². The molecule has 1 rings (SSSR count). The summed E-state index contributed by atoms with van der Waals surface area (Å²) in [4.78, 5) is 0. The molecule has 0 bridgehead atoms. The van der Waals surface area contributed by atoms with Crippen molar-refractivity contribution < 1.29 is 12.8 Å². The Morgan fingerprint density at radius 1 is 1.53 bits per heavy atom. The van der Waals surface area contributed by atoms with Crippen LogP contribution in [0.3, 0.4) is 0 Å². The molecule has 1 unspecified atom stereocenters. The number of hydrogen-bond acceptors (Lipinski definition) is 3. The highest BCUT2D eigenvalue weighted by Crippen LogP contribution is 2.25. The Hall–Kier alpha value is -1.13. The number of nitrogens with zero attached hydrogens (tertiary/aromatic N) is 1. The Labute approximate surface area is 108 Å². The molecule has 1 atom stereocenters. The molecular formula is C10H10BrFN2O2S. The van der Waals surface area contributed by atoms with E-state index < -0.39 is 21.1 Å². The molecule has 1 aromatic carbocycles. The molecule has 7 heteroatoms. The maximum Gasteiger partial charge on any atom is 0.248 e. The molecule has 0 fully saturated rings. The summed E-state index contributed by atoms with van der Waals surface area (Å²) in [5, 5.41) is 7.40. The van der Waals surface area contributed by atoms with Crippen molar-refractivity contribution in [2.24, 2.45) is 0 Å². The van der Waals surface area contributed by atoms with Gasteiger partial charge in [0.25, 0.3) is 0 Å². The van der Waals surface area contributed by atoms with E-state index in [0.29, 0.717) is 5.56 Å². The Morgan fingerprint density at radius 2 is 2.12 bits per heavy atom. The van der Waals surface area contributed by atoms with Crippen molar-refractivity contribution >= 4 is 31.6 Å². The average molecular weight is 321 g/mol. The van der Waals surface area contributed by atoms with Crippen molar-refractivity contribution in [3.8, 4) is 6.07 Å². The van der Waals surface area contributed by atoms with Crippen molar-refractivity contribution in [2.75, 3.05) is 4.72 Å². The second-order valence-electron chi connectivity index (χ2n) is 3.50. The first-order valence-corrected chi connectivity index (χ1v) is 6.98. The topological polar surface area (TPSA) is 70.0 Å². The van der Waals surface area contributed by atoms with Gasteiger partial charge >= 0.3 is 0 Å². The second-order valence-corrected chi connectivity index (χ2v) is 6.36. The second kappa shape index (κ2) is 5.02. The predicted octanol–water partition coefficient (Wildman–Crippen LogP) is 2.55. The summed E-state index contributed by atoms with van der Waals surface area (Å²) in [7, 11) is -3.77. The van der Waals surface area contributed by atoms with E-state index >= 15 is 0 Å². The number of hydrogen-bond donors (Lipinski definition) is 1. The lowest BCUT2D eigenvalue weighted by molar-refractivity contribution is 0.596. The van der Waals surface area contributed by atoms with Gasteiger partial charge in [-0.2, -0.15) is 5.26 Å². The quantitative estimate of drug-likeness (QED) is 0.930. The molecule has 1 N–H and O–H groups in total. The molecule has 0 heterocycles. The first-order valence-electron chi connectivity index (χ1n) is 4.65. The minimum atomic E-state index is -3.77. The maximum atomic E-state index is 13.1. The molecule has 0 saturated heterocycles. The number of rotatable bonds is 3. The lowest BCUT2D eigenvalue weighted by Gasteiger charge is -2.12. The number of sulfonamides is 1. The van der Waals surface area contributed by atoms with E-state index in [9.17, 15) is 12.8 Å². The van der Waals surface area contributed by atoms with Crippen molar-refractivity contribution in [3.05, 3.63) is 28.0 Å². The van der Waals surface area contributed by atoms with E-state index in [-0.39, 0.29) is 10.2 Å². The van der Waals surface area contributed by atoms with Crippen LogP contribution in [0.2, 0.25) is 0 Å². The molecular weight excluding hydrogens is 311 g/mol. The number of nitrogens with one attached hydrogen (secondary N) is 1. The summed E-state index contributed by atoms with van der Waals surface area (Å²) in [5.74, 6) is -0.473. The summed E-state index contributed by atoms with van der Waals surface area (Å²) >= 11 is 2.97. The van der Waals surface area contributed by atoms with Gasteiger partial charge in [0.1, 0.15) is 5.82 Å². The third kappa shape index (κ3) is 3.17. The SMILES string of the molecule is Cc1cc(F)c(Br)cc1NS(=O)(=O)C(C)C#N. The fraction of sp³-hybridized carbons (Fsp3) is 0.300. The fourth-order valence-corrected chi connectivity index (χ4v) is 2.25. The molecule has 1 aromatic rings. The van der Waals surface area contributed by atoms with Gasteiger partial charge in [0.05, 0.1) is 16.2 Å². The number of nitriles is 1. The normalized spacial score (nSPS) is 12.9. The Kier molecular flexibility index (Phi) is 4.11. The van der Waals surface area contributed by atoms with Crippen molar-refractivity contribution in [2.45, 2.75) is 19.1 Å². The molecule has 0 aliphatic heterocycles. The number of benzene rings is 1. The van der Waals surface area contributed by atoms with E-state index in [2.05, 4.69) is 20.7 Å². The van der Waals surface area contributed by atoms with E-state index in [4.69, 9.17) is 5.26 Å². The minimum Gasteiger partial charge on any atom is -0.282 e. The zero-order valence-electron chi connectivity index (χ0n) is 9.16. The standard InChI is InChI=1S/C10H10BrFN2O2S/c1-6-3-9(12)8(11)4-10(6)14-17(15,16)7(2)5-13/h3-4,7,14H,1-2H3. The molecule has 0 amide bonds. The van der Waals surface area contributed by atoms with Gasteiger partial charge < -0.3 is 0 Å². The highest BCUT2D eigenvalue weighted by atomic mass is 79.9. The van der Waals surface area contributed by atoms with Crippen molar-refractivity contribution in [1.82, 2.24) is 0 Å². The molecule has 0 radical (unpaired) electrons. The maximum absolute atomic E-state index is 13.1. The molecule has 0 saturated carbocycles. The van der Waals surface area contributed by atoms with Crippen molar-refractivity contribution in [3.63, 3.8) is 0 Å². The summed E-state index contributed by atoms with van der Waals surface area (Å²) in [6.07, 6.45) is 0. The Morgan fingerprint density at radius 3 is 2.65 bits per heavy atom. The van der Waals surface area contributed by atoms with Gasteiger partial charge in [0.15, 0.2) is 5.25 Å². The van der Waals surface area contributed by atoms with Crippen LogP contribution >= 0.6 is 15.9 Å². The first-order chi connectivity index (χ1) is 7.77. The van der Waals surface area contributed by atoms with Crippen LogP contribution in [0.25, 0.3) is 0 Å². The van der Waals surface area contributed by atoms with Crippen molar-refractivity contribution in [1.29, 1.82) is 5.26 Å².